The smallest absolute Gasteiger partial charge is 0.497 e. The van der Waals surface area contributed by atoms with Crippen molar-refractivity contribution in [3.05, 3.63) is 84.6 Å². The first-order valence-corrected chi connectivity index (χ1v) is 45.8. The Morgan fingerprint density at radius 3 is 1.18 bits per heavy atom. The number of alkyl carbamates (subject to hydrolysis) is 1. The Labute approximate surface area is 806 Å². The van der Waals surface area contributed by atoms with Gasteiger partial charge in [0.15, 0.2) is 10.3 Å². The van der Waals surface area contributed by atoms with Gasteiger partial charge in [0, 0.05) is 90.4 Å². The van der Waals surface area contributed by atoms with Crippen LogP contribution in [0.2, 0.25) is 0 Å². The van der Waals surface area contributed by atoms with Gasteiger partial charge in [0.25, 0.3) is 0 Å². The number of halogens is 7. The summed E-state index contributed by atoms with van der Waals surface area (Å²) in [5.74, 6) is -1.82. The third kappa shape index (κ3) is 31.2. The van der Waals surface area contributed by atoms with Gasteiger partial charge in [0.2, 0.25) is 35.4 Å². The van der Waals surface area contributed by atoms with Gasteiger partial charge in [-0.1, -0.05) is 109 Å². The highest BCUT2D eigenvalue weighted by Crippen LogP contribution is 2.48. The summed E-state index contributed by atoms with van der Waals surface area (Å²) >= 11 is 36.8. The van der Waals surface area contributed by atoms with Gasteiger partial charge in [-0.2, -0.15) is 0 Å². The lowest BCUT2D eigenvalue weighted by Gasteiger charge is -2.36. The Hall–Kier alpha value is -9.24. The van der Waals surface area contributed by atoms with E-state index < -0.39 is 126 Å². The summed E-state index contributed by atoms with van der Waals surface area (Å²) in [4.78, 5) is 165. The number of rotatable bonds is 23. The molecule has 6 heterocycles. The summed E-state index contributed by atoms with van der Waals surface area (Å²) < 4.78 is 43.3. The molecule has 11 atom stereocenters. The van der Waals surface area contributed by atoms with Crippen LogP contribution in [0.5, 0.6) is 23.0 Å². The lowest BCUT2D eigenvalue weighted by molar-refractivity contribution is -0.149. The Bertz CT molecular complexity index is 5120. The number of anilines is 2. The predicted octanol–water partition coefficient (Wildman–Crippen LogP) is 16.5. The van der Waals surface area contributed by atoms with Gasteiger partial charge in [-0.15, -0.1) is 35.8 Å². The predicted molar refractivity (Wildman–Crippen MR) is 508 cm³/mol. The maximum absolute atomic E-state index is 14.7. The second-order valence-electron chi connectivity index (χ2n) is 37.0. The summed E-state index contributed by atoms with van der Waals surface area (Å²) in [7, 11) is 5.60. The van der Waals surface area contributed by atoms with Gasteiger partial charge in [-0.05, 0) is 174 Å². The van der Waals surface area contributed by atoms with E-state index in [1.807, 2.05) is 54.5 Å². The van der Waals surface area contributed by atoms with Crippen molar-refractivity contribution >= 4 is 202 Å². The summed E-state index contributed by atoms with van der Waals surface area (Å²) in [6.45, 7) is 45.6. The monoisotopic (exact) mass is 2000 g/mol. The van der Waals surface area contributed by atoms with Crippen LogP contribution in [0.25, 0.3) is 44.6 Å². The second kappa shape index (κ2) is 45.2. The highest BCUT2D eigenvalue weighted by Gasteiger charge is 2.64. The number of fused-ring (bicyclic) bond motifs is 2. The largest absolute Gasteiger partial charge is 0.515 e. The number of esters is 2. The molecule has 2 saturated carbocycles. The summed E-state index contributed by atoms with van der Waals surface area (Å²) in [5, 5.41) is 29.3. The van der Waals surface area contributed by atoms with E-state index in [-0.39, 0.29) is 61.0 Å². The molecule has 9 amide bonds. The van der Waals surface area contributed by atoms with Gasteiger partial charge < -0.3 is 89.6 Å². The molecule has 2 saturated heterocycles. The lowest BCUT2D eigenvalue weighted by Crippen LogP contribution is -2.61. The third-order valence-electron chi connectivity index (χ3n) is 21.7. The van der Waals surface area contributed by atoms with Crippen molar-refractivity contribution in [2.75, 3.05) is 52.2 Å². The first-order valence-electron chi connectivity index (χ1n) is 41.3. The number of likely N-dealkylation sites (tertiary alicyclic amines) is 2. The fraction of sp³-hybridized carbons (Fsp3) is 0.557. The van der Waals surface area contributed by atoms with Gasteiger partial charge in [0.1, 0.15) is 87.4 Å². The highest BCUT2D eigenvalue weighted by atomic mass is 35.6. The van der Waals surface area contributed by atoms with Gasteiger partial charge >= 0.3 is 38.2 Å². The molecular formula is C88H119Cl7N14O20S2. The zero-order chi connectivity index (χ0) is 99.1. The number of benzene rings is 2. The van der Waals surface area contributed by atoms with Crippen LogP contribution in [0.1, 0.15) is 164 Å². The van der Waals surface area contributed by atoms with Gasteiger partial charge in [-0.25, -0.2) is 49.2 Å². The van der Waals surface area contributed by atoms with Crippen LogP contribution in [0.3, 0.4) is 0 Å². The standard InChI is InChI=1S/C40H53N7O8S.C38H48N6O9S.C7H16.C3Cl6O3.ClH2N/c1-12-23-18-40(23,35(51)54-11)46-33(49)30-16-25(19-47(30)34(50)32(39(7,8)9)45-36(52)41-21(2)38(4,5)6)55-31-17-28(29-20-56-37(44-29)42-22(3)48)43-27-15-24(53-10)13-14-26(27)31;1-11-21-17-38(21,33(48)51-10)43-31(46)28-15-23(18-44(28)32(47)30(36(3,4)5)42-35(49)53-37(6,7)8)52-29-16-26(27-19-54-34(41-27)39-20(2)45)40-25-14-22(50-9)12-13-24(25)29;1-6(2)7(3,4)5;4-2(5,6)11-1(10)12-3(7,8)9;1-2/h12-15,17,20-21,23,25,30,32H,1,16,18-19H2,2-11H3,(H,46,49)(H2,41,45,52)(H,42,44,48);11-14,16,19,21,23,28,30H,1,15,17-18H2,2-10H3,(H,42,49)(H,43,46)(H,39,41,45);6H,1-5H3;;2H2/t21-,23+,25?,30+,32-,40-;21-,23?,28-,30+,38+;;;/m10.../s1. The van der Waals surface area contributed by atoms with E-state index in [4.69, 9.17) is 113 Å². The molecule has 4 aliphatic rings. The second-order valence-corrected chi connectivity index (χ2v) is 43.1. The number of aromatic nitrogens is 4. The molecule has 9 N–H and O–H groups in total. The normalized spacial score (nSPS) is 20.0. The molecule has 0 spiro atoms. The van der Waals surface area contributed by atoms with Gasteiger partial charge in [0.05, 0.1) is 63.9 Å². The fourth-order valence-corrected chi connectivity index (χ4v) is 15.1. The van der Waals surface area contributed by atoms with Crippen LogP contribution in [0, 0.1) is 39.4 Å². The van der Waals surface area contributed by atoms with Crippen molar-refractivity contribution in [1.29, 1.82) is 0 Å². The average Bonchev–Trinajstić information content (AvgIpc) is 1.58. The molecule has 4 aromatic heterocycles. The van der Waals surface area contributed by atoms with E-state index in [1.54, 1.807) is 121 Å². The Balaban J connectivity index is 0.000000331. The first kappa shape index (κ1) is 111. The molecule has 0 radical (unpaired) electrons. The number of methoxy groups -OCH3 is 4. The number of nitrogens with two attached hydrogens (primary N) is 1. The molecule has 10 rings (SSSR count). The number of urea groups is 1. The molecule has 34 nitrogen and oxygen atoms in total. The van der Waals surface area contributed by atoms with Crippen LogP contribution in [-0.2, 0) is 62.0 Å². The molecule has 722 valence electrons. The minimum Gasteiger partial charge on any atom is -0.497 e. The Kier molecular flexibility index (Phi) is 38.1. The molecule has 2 unspecified atom stereocenters. The van der Waals surface area contributed by atoms with E-state index in [0.717, 1.165) is 5.92 Å². The van der Waals surface area contributed by atoms with Crippen molar-refractivity contribution in [3.63, 3.8) is 0 Å². The Morgan fingerprint density at radius 2 is 0.878 bits per heavy atom. The minimum atomic E-state index is -2.24. The average molecular weight is 2010 g/mol. The lowest BCUT2D eigenvalue weighted by atomic mass is 9.84. The number of carbonyl (C=O) groups is 11. The van der Waals surface area contributed by atoms with Crippen molar-refractivity contribution in [2.45, 2.75) is 231 Å². The summed E-state index contributed by atoms with van der Waals surface area (Å²) in [5.41, 5.74) is -1.74. The molecule has 4 fully saturated rings. The van der Waals surface area contributed by atoms with Crippen LogP contribution >= 0.6 is 104 Å². The summed E-state index contributed by atoms with van der Waals surface area (Å²) in [6, 6.07) is 9.08. The SMILES string of the molecule is C=C[C@H]1C[C@]1(NC(=O)[C@@H]1CC(Oc2cc(-c3csc(NC(C)=O)n3)nc3cc(OC)ccc23)CN1C(=O)[C@@H](NC(=O)N[C@H](C)C(C)(C)C)C(C)(C)C)C(=O)OC.C=C[C@H]1C[C@]1(NC(=O)[C@@H]1CC(Oc2cc(-c3csc(NC(C)=O)n3)nc3cc(OC)ccc23)CN1C(=O)[C@@H](NC(=O)OC(C)(C)C)C(C)(C)C)C(=O)OC.CC(C)C(C)(C)C.NCl.O=C(OC(Cl)(Cl)Cl)OC(Cl)(Cl)Cl. The first-order chi connectivity index (χ1) is 60.5. The number of hydrogen-bond donors (Lipinski definition) is 8. The Morgan fingerprint density at radius 1 is 0.511 bits per heavy atom. The molecule has 2 aliphatic carbocycles. The molecule has 2 aliphatic heterocycles. The zero-order valence-electron chi connectivity index (χ0n) is 77.7. The number of pyridine rings is 2. The van der Waals surface area contributed by atoms with E-state index in [1.165, 1.54) is 60.5 Å². The van der Waals surface area contributed by atoms with E-state index in [0.29, 0.717) is 96.1 Å². The number of alkyl halides is 6. The molecule has 43 heteroatoms. The molecule has 2 aromatic carbocycles. The zero-order valence-corrected chi connectivity index (χ0v) is 84.7. The molecule has 0 bridgehead atoms. The van der Waals surface area contributed by atoms with Gasteiger partial charge in [-0.3, -0.25) is 28.8 Å². The summed E-state index contributed by atoms with van der Waals surface area (Å²) in [6.07, 6.45) is 0.292. The maximum Gasteiger partial charge on any atom is 0.515 e. The maximum atomic E-state index is 14.7. The van der Waals surface area contributed by atoms with Crippen LogP contribution in [0.4, 0.5) is 24.6 Å². The van der Waals surface area contributed by atoms with Crippen molar-refractivity contribution in [3.8, 4) is 45.8 Å². The van der Waals surface area contributed by atoms with Crippen molar-refractivity contribution < 1.29 is 95.4 Å². The quantitative estimate of drug-likeness (QED) is 0.00971. The van der Waals surface area contributed by atoms with Crippen molar-refractivity contribution in [2.24, 2.45) is 44.7 Å². The molecule has 6 aromatic rings. The van der Waals surface area contributed by atoms with Crippen LogP contribution in [-0.4, -0.2) is 204 Å². The number of ether oxygens (including phenoxy) is 9. The number of thiazole rings is 2. The number of carbonyl (C=O) groups excluding carboxylic acids is 11. The van der Waals surface area contributed by atoms with E-state index in [2.05, 4.69) is 121 Å². The molecule has 131 heavy (non-hydrogen) atoms. The van der Waals surface area contributed by atoms with Crippen LogP contribution in [0.15, 0.2) is 84.6 Å². The minimum absolute atomic E-state index is 0.0139. The number of amides is 9. The number of nitrogens with one attached hydrogen (secondary N) is 7. The van der Waals surface area contributed by atoms with E-state index >= 15 is 0 Å². The molecular weight excluding hydrogens is 1890 g/mol. The number of nitrogens with zero attached hydrogens (tertiary/aromatic N) is 6. The van der Waals surface area contributed by atoms with E-state index in [9.17, 15) is 52.7 Å². The third-order valence-corrected chi connectivity index (χ3v) is 23.6. The highest BCUT2D eigenvalue weighted by molar-refractivity contribution is 7.14. The van der Waals surface area contributed by atoms with Crippen molar-refractivity contribution in [1.82, 2.24) is 56.3 Å². The topological polar surface area (TPSA) is 439 Å². The number of hydrogen-bond acceptors (Lipinski definition) is 27. The van der Waals surface area contributed by atoms with Crippen LogP contribution < -0.4 is 61.4 Å². The fourth-order valence-electron chi connectivity index (χ4n) is 13.2.